The van der Waals surface area contributed by atoms with Crippen molar-refractivity contribution in [2.45, 2.75) is 19.3 Å². The molecule has 0 bridgehead atoms. The molecule has 0 spiro atoms. The molecule has 1 N–H and O–H groups in total. The highest BCUT2D eigenvalue weighted by molar-refractivity contribution is 5.86. The number of carbonyl (C=O) groups is 1. The van der Waals surface area contributed by atoms with Crippen LogP contribution in [-0.4, -0.2) is 10.9 Å². The zero-order valence-corrected chi connectivity index (χ0v) is 14.8. The van der Waals surface area contributed by atoms with E-state index in [1.165, 1.54) is 6.92 Å². The van der Waals surface area contributed by atoms with Gasteiger partial charge in [-0.2, -0.15) is 0 Å². The van der Waals surface area contributed by atoms with E-state index in [4.69, 9.17) is 4.42 Å². The predicted molar refractivity (Wildman–Crippen MR) is 105 cm³/mol. The maximum Gasteiger partial charge on any atom is 0.343 e. The number of hydrogen-bond donors (Lipinski definition) is 1. The van der Waals surface area contributed by atoms with Crippen molar-refractivity contribution in [2.24, 2.45) is 0 Å². The third kappa shape index (κ3) is 3.10. The average molecular weight is 358 g/mol. The molecule has 0 unspecified atom stereocenters. The van der Waals surface area contributed by atoms with E-state index in [-0.39, 0.29) is 23.5 Å². The molecular weight excluding hydrogens is 340 g/mol. The van der Waals surface area contributed by atoms with Gasteiger partial charge in [0.15, 0.2) is 0 Å². The Kier molecular flexibility index (Phi) is 4.24. The Balaban J connectivity index is 1.96. The van der Waals surface area contributed by atoms with Crippen molar-refractivity contribution in [3.63, 3.8) is 0 Å². The van der Waals surface area contributed by atoms with Gasteiger partial charge in [0.1, 0.15) is 17.1 Å². The number of benzene rings is 3. The molecule has 4 nitrogen and oxygen atoms in total. The van der Waals surface area contributed by atoms with Gasteiger partial charge in [-0.3, -0.25) is 4.79 Å². The highest BCUT2D eigenvalue weighted by atomic mass is 16.4. The van der Waals surface area contributed by atoms with Gasteiger partial charge >= 0.3 is 5.63 Å². The molecule has 4 rings (SSSR count). The van der Waals surface area contributed by atoms with E-state index < -0.39 is 11.5 Å². The summed E-state index contributed by atoms with van der Waals surface area (Å²) in [4.78, 5) is 24.6. The topological polar surface area (TPSA) is 67.5 Å². The molecule has 0 aliphatic heterocycles. The van der Waals surface area contributed by atoms with Gasteiger partial charge < -0.3 is 9.52 Å². The van der Waals surface area contributed by atoms with Crippen LogP contribution < -0.4 is 5.63 Å². The van der Waals surface area contributed by atoms with Gasteiger partial charge in [0.05, 0.1) is 10.9 Å². The molecule has 0 saturated heterocycles. The molecule has 4 heteroatoms. The van der Waals surface area contributed by atoms with Gasteiger partial charge in [0.2, 0.25) is 0 Å². The molecule has 0 fully saturated rings. The number of para-hydroxylation sites is 1. The van der Waals surface area contributed by atoms with Crippen LogP contribution in [0.1, 0.15) is 30.4 Å². The standard InChI is InChI=1S/C23H18O4/c1-14(24)12-19(17-11-10-15-6-2-3-7-16(15)13-17)21-22(25)18-8-4-5-9-20(18)27-23(21)26/h2-11,13,19,25H,12H2,1H3/t19-/m1/s1. The number of carbonyl (C=O) groups excluding carboxylic acids is 1. The second-order valence-corrected chi connectivity index (χ2v) is 6.71. The van der Waals surface area contributed by atoms with Crippen LogP contribution in [0.25, 0.3) is 21.7 Å². The fraction of sp³-hybridized carbons (Fsp3) is 0.130. The van der Waals surface area contributed by atoms with Crippen LogP contribution in [0.3, 0.4) is 0 Å². The minimum absolute atomic E-state index is 0.0693. The van der Waals surface area contributed by atoms with Crippen LogP contribution in [0.15, 0.2) is 75.9 Å². The zero-order chi connectivity index (χ0) is 19.0. The molecular formula is C23H18O4. The van der Waals surface area contributed by atoms with Gasteiger partial charge in [-0.05, 0) is 35.4 Å². The lowest BCUT2D eigenvalue weighted by atomic mass is 9.86. The van der Waals surface area contributed by atoms with Crippen LogP contribution >= 0.6 is 0 Å². The summed E-state index contributed by atoms with van der Waals surface area (Å²) in [7, 11) is 0. The van der Waals surface area contributed by atoms with Crippen LogP contribution in [0.5, 0.6) is 5.75 Å². The van der Waals surface area contributed by atoms with E-state index in [9.17, 15) is 14.7 Å². The SMILES string of the molecule is CC(=O)C[C@H](c1ccc2ccccc2c1)c1c(O)c2ccccc2oc1=O. The fourth-order valence-electron chi connectivity index (χ4n) is 3.55. The van der Waals surface area contributed by atoms with Gasteiger partial charge in [-0.25, -0.2) is 4.79 Å². The van der Waals surface area contributed by atoms with Gasteiger partial charge in [0, 0.05) is 12.3 Å². The van der Waals surface area contributed by atoms with Crippen molar-refractivity contribution in [1.82, 2.24) is 0 Å². The average Bonchev–Trinajstić information content (AvgIpc) is 2.66. The minimum atomic E-state index is -0.620. The largest absolute Gasteiger partial charge is 0.507 e. The number of Topliss-reactive ketones (excluding diaryl/α,β-unsaturated/α-hetero) is 1. The molecule has 4 aromatic rings. The number of fused-ring (bicyclic) bond motifs is 2. The van der Waals surface area contributed by atoms with Crippen LogP contribution in [-0.2, 0) is 4.79 Å². The molecule has 134 valence electrons. The van der Waals surface area contributed by atoms with E-state index in [2.05, 4.69) is 0 Å². The first-order valence-electron chi connectivity index (χ1n) is 8.77. The lowest BCUT2D eigenvalue weighted by molar-refractivity contribution is -0.117. The summed E-state index contributed by atoms with van der Waals surface area (Å²) in [6.45, 7) is 1.48. The molecule has 0 amide bonds. The fourth-order valence-corrected chi connectivity index (χ4v) is 3.55. The molecule has 0 aliphatic carbocycles. The lowest BCUT2D eigenvalue weighted by Crippen LogP contribution is -2.16. The monoisotopic (exact) mass is 358 g/mol. The van der Waals surface area contributed by atoms with E-state index in [0.717, 1.165) is 16.3 Å². The molecule has 1 atom stereocenters. The quantitative estimate of drug-likeness (QED) is 0.534. The van der Waals surface area contributed by atoms with Crippen molar-refractivity contribution in [2.75, 3.05) is 0 Å². The van der Waals surface area contributed by atoms with Crippen molar-refractivity contribution >= 4 is 27.5 Å². The highest BCUT2D eigenvalue weighted by Crippen LogP contribution is 2.37. The first kappa shape index (κ1) is 17.0. The molecule has 0 radical (unpaired) electrons. The Morgan fingerprint density at radius 3 is 2.48 bits per heavy atom. The second kappa shape index (κ2) is 6.72. The second-order valence-electron chi connectivity index (χ2n) is 6.71. The van der Waals surface area contributed by atoms with Crippen LogP contribution in [0, 0.1) is 0 Å². The molecule has 1 heterocycles. The molecule has 0 aliphatic rings. The summed E-state index contributed by atoms with van der Waals surface area (Å²) in [5.74, 6) is -0.769. The van der Waals surface area contributed by atoms with Gasteiger partial charge in [-0.15, -0.1) is 0 Å². The molecule has 27 heavy (non-hydrogen) atoms. The van der Waals surface area contributed by atoms with E-state index in [0.29, 0.717) is 11.0 Å². The maximum atomic E-state index is 12.7. The first-order chi connectivity index (χ1) is 13.0. The van der Waals surface area contributed by atoms with Gasteiger partial charge in [0.25, 0.3) is 0 Å². The number of ketones is 1. The van der Waals surface area contributed by atoms with Crippen molar-refractivity contribution in [3.05, 3.63) is 88.3 Å². The predicted octanol–water partition coefficient (Wildman–Crippen LogP) is 4.76. The highest BCUT2D eigenvalue weighted by Gasteiger charge is 2.26. The Bertz CT molecular complexity index is 1220. The van der Waals surface area contributed by atoms with E-state index in [1.807, 2.05) is 42.5 Å². The normalized spacial score (nSPS) is 12.3. The van der Waals surface area contributed by atoms with Crippen molar-refractivity contribution < 1.29 is 14.3 Å². The molecule has 3 aromatic carbocycles. The minimum Gasteiger partial charge on any atom is -0.507 e. The number of aromatic hydroxyl groups is 1. The summed E-state index contributed by atoms with van der Waals surface area (Å²) < 4.78 is 5.42. The summed E-state index contributed by atoms with van der Waals surface area (Å²) in [5.41, 5.74) is 0.621. The first-order valence-corrected chi connectivity index (χ1v) is 8.77. The Morgan fingerprint density at radius 2 is 1.70 bits per heavy atom. The number of hydrogen-bond acceptors (Lipinski definition) is 4. The van der Waals surface area contributed by atoms with Crippen LogP contribution in [0.4, 0.5) is 0 Å². The third-order valence-corrected chi connectivity index (χ3v) is 4.84. The maximum absolute atomic E-state index is 12.7. The van der Waals surface area contributed by atoms with Crippen molar-refractivity contribution in [3.8, 4) is 5.75 Å². The third-order valence-electron chi connectivity index (χ3n) is 4.84. The summed E-state index contributed by atoms with van der Waals surface area (Å²) >= 11 is 0. The van der Waals surface area contributed by atoms with E-state index in [1.54, 1.807) is 24.3 Å². The Hall–Kier alpha value is -3.40. The summed E-state index contributed by atoms with van der Waals surface area (Å²) in [6, 6.07) is 20.5. The molecule has 1 aromatic heterocycles. The Morgan fingerprint density at radius 1 is 1.00 bits per heavy atom. The molecule has 0 saturated carbocycles. The van der Waals surface area contributed by atoms with Crippen molar-refractivity contribution in [1.29, 1.82) is 0 Å². The smallest absolute Gasteiger partial charge is 0.343 e. The lowest BCUT2D eigenvalue weighted by Gasteiger charge is -2.18. The Labute approximate surface area is 155 Å². The zero-order valence-electron chi connectivity index (χ0n) is 14.8. The number of rotatable bonds is 4. The van der Waals surface area contributed by atoms with Crippen LogP contribution in [0.2, 0.25) is 0 Å². The summed E-state index contributed by atoms with van der Waals surface area (Å²) in [5, 5.41) is 13.4. The summed E-state index contributed by atoms with van der Waals surface area (Å²) in [6.07, 6.45) is 0.106. The van der Waals surface area contributed by atoms with E-state index >= 15 is 0 Å². The van der Waals surface area contributed by atoms with Gasteiger partial charge in [-0.1, -0.05) is 54.6 Å².